The summed E-state index contributed by atoms with van der Waals surface area (Å²) in [7, 11) is 0. The van der Waals surface area contributed by atoms with Crippen molar-refractivity contribution in [3.05, 3.63) is 58.2 Å². The van der Waals surface area contributed by atoms with Gasteiger partial charge in [-0.2, -0.15) is 0 Å². The molecule has 0 fully saturated rings. The number of carbonyl (C=O) groups excluding carboxylic acids is 1. The molecule has 4 rings (SSSR count). The Morgan fingerprint density at radius 3 is 2.75 bits per heavy atom. The van der Waals surface area contributed by atoms with Crippen LogP contribution in [0.3, 0.4) is 0 Å². The van der Waals surface area contributed by atoms with Crippen molar-refractivity contribution in [2.45, 2.75) is 33.7 Å². The summed E-state index contributed by atoms with van der Waals surface area (Å²) in [6.45, 7) is 7.20. The SMILES string of the molecule is CCCn1c(C)c(C(=O)c2cc3cc(C)[nH]c3s2)c2ccccc21. The molecule has 1 N–H and O–H groups in total. The van der Waals surface area contributed by atoms with Gasteiger partial charge in [0.15, 0.2) is 0 Å². The van der Waals surface area contributed by atoms with Crippen LogP contribution in [0.5, 0.6) is 0 Å². The zero-order chi connectivity index (χ0) is 16.8. The second-order valence-corrected chi connectivity index (χ2v) is 7.36. The fourth-order valence-corrected chi connectivity index (χ4v) is 4.57. The van der Waals surface area contributed by atoms with Gasteiger partial charge in [-0.1, -0.05) is 25.1 Å². The molecule has 1 aromatic carbocycles. The highest BCUT2D eigenvalue weighted by molar-refractivity contribution is 7.20. The molecule has 3 heterocycles. The first kappa shape index (κ1) is 15.2. The monoisotopic (exact) mass is 336 g/mol. The molecular weight excluding hydrogens is 316 g/mol. The summed E-state index contributed by atoms with van der Waals surface area (Å²) in [5.41, 5.74) is 4.19. The summed E-state index contributed by atoms with van der Waals surface area (Å²) >= 11 is 1.55. The number of thiophene rings is 1. The van der Waals surface area contributed by atoms with Crippen LogP contribution in [-0.4, -0.2) is 15.3 Å². The molecule has 0 unspecified atom stereocenters. The zero-order valence-corrected chi connectivity index (χ0v) is 15.0. The average Bonchev–Trinajstić information content (AvgIpc) is 3.18. The Morgan fingerprint density at radius 2 is 2.00 bits per heavy atom. The number of aromatic amines is 1. The number of H-pyrrole nitrogens is 1. The number of hydrogen-bond acceptors (Lipinski definition) is 2. The normalized spacial score (nSPS) is 11.6. The van der Waals surface area contributed by atoms with Gasteiger partial charge in [0.05, 0.1) is 10.4 Å². The van der Waals surface area contributed by atoms with E-state index < -0.39 is 0 Å². The number of benzene rings is 1. The molecule has 0 saturated heterocycles. The molecule has 0 bridgehead atoms. The number of aryl methyl sites for hydroxylation is 2. The van der Waals surface area contributed by atoms with Crippen molar-refractivity contribution < 1.29 is 4.79 Å². The Morgan fingerprint density at radius 1 is 1.21 bits per heavy atom. The molecule has 0 saturated carbocycles. The number of nitrogens with one attached hydrogen (secondary N) is 1. The van der Waals surface area contributed by atoms with Crippen LogP contribution in [0.2, 0.25) is 0 Å². The molecular formula is C20H20N2OS. The third-order valence-electron chi connectivity index (χ3n) is 4.57. The van der Waals surface area contributed by atoms with Gasteiger partial charge < -0.3 is 9.55 Å². The lowest BCUT2D eigenvalue weighted by Gasteiger charge is -2.06. The quantitative estimate of drug-likeness (QED) is 0.495. The zero-order valence-electron chi connectivity index (χ0n) is 14.1. The Bertz CT molecular complexity index is 1030. The second kappa shape index (κ2) is 5.64. The maximum atomic E-state index is 13.2. The second-order valence-electron chi connectivity index (χ2n) is 6.31. The number of nitrogens with zero attached hydrogens (tertiary/aromatic N) is 1. The molecule has 0 atom stereocenters. The van der Waals surface area contributed by atoms with Crippen molar-refractivity contribution in [2.24, 2.45) is 0 Å². The standard InChI is InChI=1S/C20H20N2OS/c1-4-9-22-13(3)18(15-7-5-6-8-16(15)22)19(23)17-11-14-10-12(2)21-20(14)24-17/h5-8,10-11,21H,4,9H2,1-3H3. The predicted octanol–water partition coefficient (Wildman–Crippen LogP) is 5.44. The van der Waals surface area contributed by atoms with Crippen LogP contribution in [0.25, 0.3) is 21.1 Å². The molecule has 3 nitrogen and oxygen atoms in total. The molecule has 122 valence electrons. The van der Waals surface area contributed by atoms with Crippen LogP contribution in [0.1, 0.15) is 40.0 Å². The van der Waals surface area contributed by atoms with Gasteiger partial charge in [-0.25, -0.2) is 0 Å². The molecule has 24 heavy (non-hydrogen) atoms. The molecule has 3 aromatic heterocycles. The molecule has 4 heteroatoms. The van der Waals surface area contributed by atoms with E-state index in [2.05, 4.69) is 41.6 Å². The lowest BCUT2D eigenvalue weighted by molar-refractivity contribution is 0.104. The molecule has 0 radical (unpaired) electrons. The molecule has 0 amide bonds. The summed E-state index contributed by atoms with van der Waals surface area (Å²) in [6, 6.07) is 12.3. The van der Waals surface area contributed by atoms with Crippen molar-refractivity contribution >= 4 is 38.2 Å². The Kier molecular flexibility index (Phi) is 3.57. The lowest BCUT2D eigenvalue weighted by atomic mass is 10.1. The lowest BCUT2D eigenvalue weighted by Crippen LogP contribution is -2.04. The van der Waals surface area contributed by atoms with E-state index in [1.54, 1.807) is 11.3 Å². The van der Waals surface area contributed by atoms with Crippen molar-refractivity contribution in [2.75, 3.05) is 0 Å². The van der Waals surface area contributed by atoms with E-state index in [1.165, 1.54) is 0 Å². The molecule has 0 spiro atoms. The number of rotatable bonds is 4. The summed E-state index contributed by atoms with van der Waals surface area (Å²) in [5, 5.41) is 2.18. The van der Waals surface area contributed by atoms with Gasteiger partial charge in [0, 0.05) is 34.2 Å². The van der Waals surface area contributed by atoms with E-state index in [0.717, 1.165) is 55.9 Å². The largest absolute Gasteiger partial charge is 0.350 e. The van der Waals surface area contributed by atoms with E-state index >= 15 is 0 Å². The fourth-order valence-electron chi connectivity index (χ4n) is 3.52. The Labute approximate surface area is 144 Å². The highest BCUT2D eigenvalue weighted by Crippen LogP contribution is 2.32. The number of hydrogen-bond donors (Lipinski definition) is 1. The van der Waals surface area contributed by atoms with E-state index in [-0.39, 0.29) is 5.78 Å². The molecule has 0 aliphatic carbocycles. The van der Waals surface area contributed by atoms with Crippen molar-refractivity contribution in [3.63, 3.8) is 0 Å². The van der Waals surface area contributed by atoms with E-state index in [1.807, 2.05) is 25.1 Å². The first-order valence-electron chi connectivity index (χ1n) is 8.31. The third-order valence-corrected chi connectivity index (χ3v) is 5.64. The van der Waals surface area contributed by atoms with Crippen LogP contribution >= 0.6 is 11.3 Å². The minimum absolute atomic E-state index is 0.130. The highest BCUT2D eigenvalue weighted by atomic mass is 32.1. The maximum Gasteiger partial charge on any atom is 0.205 e. The summed E-state index contributed by atoms with van der Waals surface area (Å²) in [4.78, 5) is 18.4. The van der Waals surface area contributed by atoms with Gasteiger partial charge in [-0.05, 0) is 38.5 Å². The first-order chi connectivity index (χ1) is 11.6. The van der Waals surface area contributed by atoms with Crippen LogP contribution in [0.15, 0.2) is 36.4 Å². The Balaban J connectivity index is 1.89. The number of aromatic nitrogens is 2. The topological polar surface area (TPSA) is 37.8 Å². The van der Waals surface area contributed by atoms with Crippen molar-refractivity contribution in [1.29, 1.82) is 0 Å². The van der Waals surface area contributed by atoms with Gasteiger partial charge in [0.2, 0.25) is 5.78 Å². The van der Waals surface area contributed by atoms with E-state index in [4.69, 9.17) is 0 Å². The molecule has 4 aromatic rings. The maximum absolute atomic E-state index is 13.2. The third kappa shape index (κ3) is 2.21. The number of fused-ring (bicyclic) bond motifs is 2. The fraction of sp³-hybridized carbons (Fsp3) is 0.250. The number of para-hydroxylation sites is 1. The van der Waals surface area contributed by atoms with E-state index in [9.17, 15) is 4.79 Å². The number of ketones is 1. The number of carbonyl (C=O) groups is 1. The minimum atomic E-state index is 0.130. The van der Waals surface area contributed by atoms with Crippen LogP contribution in [0, 0.1) is 13.8 Å². The molecule has 0 aliphatic heterocycles. The predicted molar refractivity (Wildman–Crippen MR) is 101 cm³/mol. The smallest absolute Gasteiger partial charge is 0.205 e. The van der Waals surface area contributed by atoms with Gasteiger partial charge >= 0.3 is 0 Å². The summed E-state index contributed by atoms with van der Waals surface area (Å²) in [5.74, 6) is 0.130. The van der Waals surface area contributed by atoms with Crippen LogP contribution in [-0.2, 0) is 6.54 Å². The van der Waals surface area contributed by atoms with Crippen molar-refractivity contribution in [3.8, 4) is 0 Å². The first-order valence-corrected chi connectivity index (χ1v) is 9.13. The average molecular weight is 336 g/mol. The summed E-state index contributed by atoms with van der Waals surface area (Å²) < 4.78 is 2.27. The van der Waals surface area contributed by atoms with Crippen LogP contribution < -0.4 is 0 Å². The van der Waals surface area contributed by atoms with Gasteiger partial charge in [0.25, 0.3) is 0 Å². The summed E-state index contributed by atoms with van der Waals surface area (Å²) in [6.07, 6.45) is 1.05. The van der Waals surface area contributed by atoms with Gasteiger partial charge in [-0.15, -0.1) is 11.3 Å². The highest BCUT2D eigenvalue weighted by Gasteiger charge is 2.22. The van der Waals surface area contributed by atoms with Crippen LogP contribution in [0.4, 0.5) is 0 Å². The Hall–Kier alpha value is -2.33. The van der Waals surface area contributed by atoms with Gasteiger partial charge in [0.1, 0.15) is 4.83 Å². The minimum Gasteiger partial charge on any atom is -0.350 e. The van der Waals surface area contributed by atoms with Gasteiger partial charge in [-0.3, -0.25) is 4.79 Å². The van der Waals surface area contributed by atoms with E-state index in [0.29, 0.717) is 0 Å². The van der Waals surface area contributed by atoms with Crippen molar-refractivity contribution in [1.82, 2.24) is 9.55 Å². The molecule has 0 aliphatic rings.